The van der Waals surface area contributed by atoms with E-state index in [1.54, 1.807) is 12.1 Å². The number of nitrogens with one attached hydrogen (secondary N) is 1. The summed E-state index contributed by atoms with van der Waals surface area (Å²) < 4.78 is 5.78. The number of hydrogen-bond acceptors (Lipinski definition) is 2. The smallest absolute Gasteiger partial charge is 0.119 e. The second kappa shape index (κ2) is 9.43. The molecule has 0 radical (unpaired) electrons. The molecular formula is C21H16Cl3NOS. The van der Waals surface area contributed by atoms with Crippen molar-refractivity contribution in [3.63, 3.8) is 0 Å². The maximum atomic E-state index is 6.16. The van der Waals surface area contributed by atoms with E-state index in [-0.39, 0.29) is 0 Å². The third-order valence-corrected chi connectivity index (χ3v) is 5.11. The molecule has 0 aromatic heterocycles. The second-order valence-corrected chi connectivity index (χ2v) is 7.55. The van der Waals surface area contributed by atoms with Crippen LogP contribution in [0.2, 0.25) is 15.1 Å². The number of ether oxygens (including phenoxy) is 1. The van der Waals surface area contributed by atoms with Crippen molar-refractivity contribution in [2.24, 2.45) is 0 Å². The molecule has 1 N–H and O–H groups in total. The van der Waals surface area contributed by atoms with E-state index in [2.05, 4.69) is 5.32 Å². The normalized spacial score (nSPS) is 10.5. The lowest BCUT2D eigenvalue weighted by Crippen LogP contribution is -2.21. The lowest BCUT2D eigenvalue weighted by Gasteiger charge is -2.11. The van der Waals surface area contributed by atoms with Crippen LogP contribution in [0.5, 0.6) is 5.75 Å². The average Bonchev–Trinajstić information content (AvgIpc) is 2.67. The number of benzene rings is 3. The van der Waals surface area contributed by atoms with Gasteiger partial charge in [-0.25, -0.2) is 0 Å². The molecule has 0 amide bonds. The first kappa shape index (κ1) is 20.0. The minimum atomic E-state index is 0.370. The van der Waals surface area contributed by atoms with Crippen molar-refractivity contribution in [2.45, 2.75) is 13.2 Å². The summed E-state index contributed by atoms with van der Waals surface area (Å²) in [5, 5.41) is 5.16. The summed E-state index contributed by atoms with van der Waals surface area (Å²) in [5.74, 6) is 0.741. The van der Waals surface area contributed by atoms with Gasteiger partial charge in [0.2, 0.25) is 0 Å². The summed E-state index contributed by atoms with van der Waals surface area (Å²) in [4.78, 5) is 0.678. The van der Waals surface area contributed by atoms with Crippen LogP contribution in [-0.2, 0) is 13.2 Å². The number of thiocarbonyl (C=S) groups is 1. The summed E-state index contributed by atoms with van der Waals surface area (Å²) in [6.45, 7) is 1.01. The molecular weight excluding hydrogens is 421 g/mol. The number of hydrogen-bond donors (Lipinski definition) is 1. The summed E-state index contributed by atoms with van der Waals surface area (Å²) in [6.07, 6.45) is 0. The zero-order valence-electron chi connectivity index (χ0n) is 14.2. The van der Waals surface area contributed by atoms with Gasteiger partial charge in [0.1, 0.15) is 17.3 Å². The third kappa shape index (κ3) is 5.85. The zero-order chi connectivity index (χ0) is 19.2. The van der Waals surface area contributed by atoms with Crippen molar-refractivity contribution in [1.29, 1.82) is 0 Å². The molecule has 138 valence electrons. The topological polar surface area (TPSA) is 21.3 Å². The zero-order valence-corrected chi connectivity index (χ0v) is 17.3. The van der Waals surface area contributed by atoms with Gasteiger partial charge in [-0.05, 0) is 54.1 Å². The SMILES string of the molecule is S=C(NCc1ccc(Cl)cc1)c1ccc(OCc2ccc(Cl)cc2Cl)cc1. The molecule has 0 aliphatic rings. The Morgan fingerprint density at radius 3 is 2.19 bits per heavy atom. The highest BCUT2D eigenvalue weighted by atomic mass is 35.5. The largest absolute Gasteiger partial charge is 0.489 e. The molecule has 2 nitrogen and oxygen atoms in total. The Morgan fingerprint density at radius 2 is 1.52 bits per heavy atom. The highest BCUT2D eigenvalue weighted by Crippen LogP contribution is 2.23. The van der Waals surface area contributed by atoms with Crippen molar-refractivity contribution in [3.05, 3.63) is 98.5 Å². The Kier molecular flexibility index (Phi) is 6.97. The lowest BCUT2D eigenvalue weighted by atomic mass is 10.2. The minimum Gasteiger partial charge on any atom is -0.489 e. The van der Waals surface area contributed by atoms with Gasteiger partial charge in [0.05, 0.1) is 0 Å². The molecule has 0 saturated carbocycles. The summed E-state index contributed by atoms with van der Waals surface area (Å²) >= 11 is 23.4. The van der Waals surface area contributed by atoms with Gasteiger partial charge in [-0.3, -0.25) is 0 Å². The first-order valence-corrected chi connectivity index (χ1v) is 9.75. The number of halogens is 3. The van der Waals surface area contributed by atoms with Crippen LogP contribution >= 0.6 is 47.0 Å². The first-order valence-electron chi connectivity index (χ1n) is 8.21. The van der Waals surface area contributed by atoms with E-state index in [4.69, 9.17) is 51.8 Å². The fourth-order valence-corrected chi connectivity index (χ4v) is 3.19. The molecule has 3 aromatic rings. The van der Waals surface area contributed by atoms with Gasteiger partial charge in [0.25, 0.3) is 0 Å². The van der Waals surface area contributed by atoms with Crippen LogP contribution in [0.1, 0.15) is 16.7 Å². The van der Waals surface area contributed by atoms with Gasteiger partial charge >= 0.3 is 0 Å². The van der Waals surface area contributed by atoms with Gasteiger partial charge in [-0.2, -0.15) is 0 Å². The van der Waals surface area contributed by atoms with Crippen molar-refractivity contribution in [3.8, 4) is 5.75 Å². The van der Waals surface area contributed by atoms with Gasteiger partial charge < -0.3 is 10.1 Å². The van der Waals surface area contributed by atoms with Crippen molar-refractivity contribution >= 4 is 52.0 Å². The van der Waals surface area contributed by atoms with Crippen molar-refractivity contribution in [1.82, 2.24) is 5.32 Å². The molecule has 0 heterocycles. The Labute approximate surface area is 179 Å². The van der Waals surface area contributed by atoms with E-state index < -0.39 is 0 Å². The fraction of sp³-hybridized carbons (Fsp3) is 0.0952. The second-order valence-electron chi connectivity index (χ2n) is 5.86. The molecule has 0 saturated heterocycles. The van der Waals surface area contributed by atoms with Gasteiger partial charge in [-0.15, -0.1) is 0 Å². The maximum Gasteiger partial charge on any atom is 0.119 e. The highest BCUT2D eigenvalue weighted by Gasteiger charge is 2.05. The van der Waals surface area contributed by atoms with Gasteiger partial charge in [0, 0.05) is 32.7 Å². The van der Waals surface area contributed by atoms with Crippen LogP contribution in [0, 0.1) is 0 Å². The Balaban J connectivity index is 1.54. The van der Waals surface area contributed by atoms with Gasteiger partial charge in [0.15, 0.2) is 0 Å². The lowest BCUT2D eigenvalue weighted by molar-refractivity contribution is 0.306. The Bertz CT molecular complexity index is 927. The van der Waals surface area contributed by atoms with Crippen LogP contribution in [0.15, 0.2) is 66.7 Å². The predicted molar refractivity (Wildman–Crippen MR) is 117 cm³/mol. The molecule has 0 bridgehead atoms. The average molecular weight is 437 g/mol. The third-order valence-electron chi connectivity index (χ3n) is 3.89. The minimum absolute atomic E-state index is 0.370. The Hall–Kier alpha value is -1.78. The van der Waals surface area contributed by atoms with E-state index >= 15 is 0 Å². The molecule has 3 aromatic carbocycles. The molecule has 0 atom stereocenters. The molecule has 0 fully saturated rings. The fourth-order valence-electron chi connectivity index (χ4n) is 2.39. The van der Waals surface area contributed by atoms with Crippen LogP contribution in [-0.4, -0.2) is 4.99 Å². The summed E-state index contributed by atoms with van der Waals surface area (Å²) in [7, 11) is 0. The standard InChI is InChI=1S/C21H16Cl3NOS/c22-17-6-1-14(2-7-17)12-25-21(27)15-4-9-19(10-5-15)26-13-16-3-8-18(23)11-20(16)24/h1-11H,12-13H2,(H,25,27). The van der Waals surface area contributed by atoms with E-state index in [1.807, 2.05) is 54.6 Å². The quantitative estimate of drug-likeness (QED) is 0.435. The van der Waals surface area contributed by atoms with Crippen LogP contribution in [0.3, 0.4) is 0 Å². The van der Waals surface area contributed by atoms with E-state index in [0.29, 0.717) is 28.2 Å². The molecule has 6 heteroatoms. The van der Waals surface area contributed by atoms with Crippen molar-refractivity contribution < 1.29 is 4.74 Å². The van der Waals surface area contributed by atoms with Gasteiger partial charge in [-0.1, -0.05) is 65.2 Å². The predicted octanol–water partition coefficient (Wildman–Crippen LogP) is 6.69. The van der Waals surface area contributed by atoms with E-state index in [0.717, 1.165) is 27.5 Å². The first-order chi connectivity index (χ1) is 13.0. The highest BCUT2D eigenvalue weighted by molar-refractivity contribution is 7.80. The Morgan fingerprint density at radius 1 is 0.852 bits per heavy atom. The van der Waals surface area contributed by atoms with Crippen LogP contribution < -0.4 is 10.1 Å². The molecule has 3 rings (SSSR count). The molecule has 0 spiro atoms. The van der Waals surface area contributed by atoms with Crippen molar-refractivity contribution in [2.75, 3.05) is 0 Å². The molecule has 0 aliphatic carbocycles. The summed E-state index contributed by atoms with van der Waals surface area (Å²) in [6, 6.07) is 20.6. The molecule has 0 aliphatic heterocycles. The maximum absolute atomic E-state index is 6.16. The van der Waals surface area contributed by atoms with Crippen LogP contribution in [0.25, 0.3) is 0 Å². The number of rotatable bonds is 6. The van der Waals surface area contributed by atoms with Crippen LogP contribution in [0.4, 0.5) is 0 Å². The van der Waals surface area contributed by atoms with E-state index in [9.17, 15) is 0 Å². The monoisotopic (exact) mass is 435 g/mol. The van der Waals surface area contributed by atoms with E-state index in [1.165, 1.54) is 0 Å². The molecule has 27 heavy (non-hydrogen) atoms. The summed E-state index contributed by atoms with van der Waals surface area (Å²) in [5.41, 5.74) is 2.92. The molecule has 0 unspecified atom stereocenters.